The van der Waals surface area contributed by atoms with Crippen LogP contribution in [0, 0.1) is 0 Å². The van der Waals surface area contributed by atoms with Crippen LogP contribution in [-0.4, -0.2) is 168 Å². The first-order chi connectivity index (χ1) is 10.4. The average molecular weight is 924 g/mol. The molecular weight excluding hydrogens is 918 g/mol. The number of hydrogen-bond donors (Lipinski definition) is 0. The fourth-order valence-electron chi connectivity index (χ4n) is 0.605. The van der Waals surface area contributed by atoms with Crippen molar-refractivity contribution in [3.63, 3.8) is 0 Å². The van der Waals surface area contributed by atoms with Gasteiger partial charge in [-0.3, -0.25) is 0 Å². The molecule has 0 rings (SSSR count). The molecule has 0 bridgehead atoms. The molecule has 0 fully saturated rings. The van der Waals surface area contributed by atoms with Gasteiger partial charge in [-0.25, -0.2) is 0 Å². The maximum Gasteiger partial charge on any atom is 2.00 e. The molecule has 148 valence electrons. The van der Waals surface area contributed by atoms with Crippen molar-refractivity contribution in [3.8, 4) is 0 Å². The summed E-state index contributed by atoms with van der Waals surface area (Å²) in [5.74, 6) is 0. The van der Waals surface area contributed by atoms with Gasteiger partial charge in [-0.1, -0.05) is 23.2 Å². The third-order valence-corrected chi connectivity index (χ3v) is 11.4. The number of halogens is 4. The number of rotatable bonds is 8. The van der Waals surface area contributed by atoms with Gasteiger partial charge in [0.1, 0.15) is 21.9 Å². The summed E-state index contributed by atoms with van der Waals surface area (Å²) in [6, 6.07) is -1.58. The molecule has 4 atom stereocenters. The fourth-order valence-corrected chi connectivity index (χ4v) is 5.45. The Morgan fingerprint density at radius 3 is 0.926 bits per heavy atom. The molecule has 0 heterocycles. The van der Waals surface area contributed by atoms with Crippen LogP contribution in [0.25, 0.3) is 0 Å². The van der Waals surface area contributed by atoms with E-state index in [4.69, 9.17) is 46.4 Å². The van der Waals surface area contributed by atoms with Crippen LogP contribution in [0.15, 0.2) is 0 Å². The van der Waals surface area contributed by atoms with Gasteiger partial charge in [0.2, 0.25) is 0 Å². The predicted octanol–water partition coefficient (Wildman–Crippen LogP) is -2.76. The van der Waals surface area contributed by atoms with Crippen LogP contribution in [0.4, 0.5) is 0 Å². The standard InChI is InChI=1S/2C2H6Cl2O6P2.3Ba/c2*3-1-10-12(8,9)2(4)11(5,6)7;;;/h2*2H,1H2,(H,8,9)(H2,5,6,7);;;/q;;3*+2/p-6. The van der Waals surface area contributed by atoms with Gasteiger partial charge in [-0.2, -0.15) is 0 Å². The third-order valence-electron chi connectivity index (χ3n) is 1.50. The van der Waals surface area contributed by atoms with E-state index in [0.29, 0.717) is 0 Å². The van der Waals surface area contributed by atoms with Gasteiger partial charge in [-0.05, 0) is 15.2 Å². The van der Waals surface area contributed by atoms with Gasteiger partial charge in [-0.15, -0.1) is 23.2 Å². The topological polar surface area (TPSA) is 225 Å². The summed E-state index contributed by atoms with van der Waals surface area (Å²) in [5.41, 5.74) is 0. The van der Waals surface area contributed by atoms with Crippen LogP contribution in [0.2, 0.25) is 0 Å². The molecule has 0 spiro atoms. The van der Waals surface area contributed by atoms with Crippen LogP contribution in [-0.2, 0) is 27.3 Å². The smallest absolute Gasteiger partial charge is 0.809 e. The van der Waals surface area contributed by atoms with Crippen molar-refractivity contribution < 1.29 is 56.7 Å². The van der Waals surface area contributed by atoms with Gasteiger partial charge in [0.15, 0.2) is 15.2 Å². The van der Waals surface area contributed by atoms with Crippen molar-refractivity contribution in [2.45, 2.75) is 9.72 Å². The molecule has 12 nitrogen and oxygen atoms in total. The summed E-state index contributed by atoms with van der Waals surface area (Å²) in [6.07, 6.45) is 0. The fraction of sp³-hybridized carbons (Fsp3) is 1.00. The molecule has 0 aliphatic carbocycles. The zero-order chi connectivity index (χ0) is 20.0. The summed E-state index contributed by atoms with van der Waals surface area (Å²) in [5, 5.41) is 0. The Morgan fingerprint density at radius 2 is 0.815 bits per heavy atom. The second-order valence-corrected chi connectivity index (χ2v) is 13.5. The average Bonchev–Trinajstić information content (AvgIpc) is 2.35. The predicted molar refractivity (Wildman–Crippen MR) is 90.6 cm³/mol. The van der Waals surface area contributed by atoms with Crippen molar-refractivity contribution in [1.29, 1.82) is 0 Å². The summed E-state index contributed by atoms with van der Waals surface area (Å²) >= 11 is 19.2. The van der Waals surface area contributed by atoms with Gasteiger partial charge in [0.05, 0.1) is 0 Å². The van der Waals surface area contributed by atoms with Gasteiger partial charge < -0.3 is 56.7 Å². The summed E-state index contributed by atoms with van der Waals surface area (Å²) < 4.78 is 48.9. The largest absolute Gasteiger partial charge is 2.00 e. The second kappa shape index (κ2) is 19.6. The zero-order valence-electron chi connectivity index (χ0n) is 12.9. The van der Waals surface area contributed by atoms with E-state index >= 15 is 0 Å². The molecule has 0 saturated carbocycles. The molecule has 0 aliphatic heterocycles. The van der Waals surface area contributed by atoms with E-state index in [1.165, 1.54) is 0 Å². The Labute approximate surface area is 295 Å². The van der Waals surface area contributed by atoms with Crippen molar-refractivity contribution in [3.05, 3.63) is 0 Å². The monoisotopic (exact) mass is 923 g/mol. The molecule has 0 N–H and O–H groups in total. The summed E-state index contributed by atoms with van der Waals surface area (Å²) in [4.78, 5) is 56.4. The van der Waals surface area contributed by atoms with Crippen LogP contribution >= 0.6 is 76.8 Å². The second-order valence-electron chi connectivity index (χ2n) is 3.26. The van der Waals surface area contributed by atoms with Gasteiger partial charge in [0.25, 0.3) is 0 Å². The zero-order valence-corrected chi connectivity index (χ0v) is 32.8. The van der Waals surface area contributed by atoms with E-state index in [2.05, 4.69) is 9.05 Å². The van der Waals surface area contributed by atoms with Gasteiger partial charge in [0, 0.05) is 0 Å². The maximum atomic E-state index is 10.6. The molecule has 27 heavy (non-hydrogen) atoms. The Hall–Kier alpha value is 6.47. The van der Waals surface area contributed by atoms with E-state index in [0.717, 1.165) is 0 Å². The van der Waals surface area contributed by atoms with Crippen molar-refractivity contribution >= 4 is 223 Å². The first-order valence-corrected chi connectivity index (χ1v) is 13.2. The van der Waals surface area contributed by atoms with Crippen molar-refractivity contribution in [1.82, 2.24) is 0 Å². The Morgan fingerprint density at radius 1 is 0.630 bits per heavy atom. The van der Waals surface area contributed by atoms with Crippen molar-refractivity contribution in [2.75, 3.05) is 12.1 Å². The molecule has 0 amide bonds. The first kappa shape index (κ1) is 43.5. The minimum absolute atomic E-state index is 0. The Balaban J connectivity index is -0.000000108. The molecule has 0 aromatic rings. The molecule has 0 aliphatic rings. The number of hydrogen-bond acceptors (Lipinski definition) is 12. The van der Waals surface area contributed by atoms with Crippen LogP contribution < -0.4 is 29.4 Å². The molecule has 0 saturated heterocycles. The van der Waals surface area contributed by atoms with Gasteiger partial charge >= 0.3 is 147 Å². The summed E-state index contributed by atoms with van der Waals surface area (Å²) in [6.45, 7) is 0. The summed E-state index contributed by atoms with van der Waals surface area (Å²) in [7, 11) is -20.6. The third kappa shape index (κ3) is 20.4. The van der Waals surface area contributed by atoms with Crippen LogP contribution in [0.3, 0.4) is 0 Å². The van der Waals surface area contributed by atoms with Crippen LogP contribution in [0.5, 0.6) is 0 Å². The molecule has 4 unspecified atom stereocenters. The number of alkyl halides is 4. The van der Waals surface area contributed by atoms with E-state index in [9.17, 15) is 47.6 Å². The SMILES string of the molecule is O=P([O-])([O-])C(Cl)P(=O)([O-])OCCl.O=P([O-])([O-])C(Cl)P(=O)([O-])OCCl.[Ba+2].[Ba+2].[Ba+2]. The quantitative estimate of drug-likeness (QED) is 0.137. The van der Waals surface area contributed by atoms with E-state index < -0.39 is 52.2 Å². The molecule has 0 aromatic carbocycles. The van der Waals surface area contributed by atoms with Crippen LogP contribution in [0.1, 0.15) is 0 Å². The van der Waals surface area contributed by atoms with E-state index in [1.54, 1.807) is 0 Å². The molecule has 23 heteroatoms. The Kier molecular flexibility index (Phi) is 31.7. The Bertz CT molecular complexity index is 535. The van der Waals surface area contributed by atoms with Crippen molar-refractivity contribution in [2.24, 2.45) is 0 Å². The molecular formula is C4H6Ba3Cl4O12P4. The first-order valence-electron chi connectivity index (χ1n) is 4.77. The van der Waals surface area contributed by atoms with E-state index in [1.807, 2.05) is 0 Å². The molecule has 0 radical (unpaired) electrons. The van der Waals surface area contributed by atoms with E-state index in [-0.39, 0.29) is 147 Å². The maximum absolute atomic E-state index is 10.6. The molecule has 0 aromatic heterocycles. The normalized spacial score (nSPS) is 17.9. The minimum Gasteiger partial charge on any atom is -0.809 e. The minimum atomic E-state index is -5.40.